The molecule has 1 aromatic heterocycles. The van der Waals surface area contributed by atoms with Crippen molar-refractivity contribution in [2.75, 3.05) is 26.2 Å². The van der Waals surface area contributed by atoms with Crippen molar-refractivity contribution in [1.82, 2.24) is 13.8 Å². The highest BCUT2D eigenvalue weighted by molar-refractivity contribution is 7.89. The number of oxazole rings is 1. The Kier molecular flexibility index (Phi) is 4.22. The Morgan fingerprint density at radius 2 is 1.88 bits per heavy atom. The maximum absolute atomic E-state index is 12.8. The predicted molar refractivity (Wildman–Crippen MR) is 87.1 cm³/mol. The molecule has 1 aliphatic heterocycles. The van der Waals surface area contributed by atoms with E-state index >= 15 is 0 Å². The van der Waals surface area contributed by atoms with Crippen LogP contribution in [0, 0.1) is 0 Å². The number of hydrogen-bond donors (Lipinski definition) is 0. The summed E-state index contributed by atoms with van der Waals surface area (Å²) in [5, 5.41) is 0. The second-order valence-electron chi connectivity index (χ2n) is 5.69. The molecule has 3 rings (SSSR count). The van der Waals surface area contributed by atoms with Gasteiger partial charge in [0.05, 0.1) is 10.4 Å². The Morgan fingerprint density at radius 1 is 1.21 bits per heavy atom. The van der Waals surface area contributed by atoms with Crippen LogP contribution in [0.25, 0.3) is 11.1 Å². The molecule has 1 aromatic carbocycles. The lowest BCUT2D eigenvalue weighted by Gasteiger charge is -2.33. The molecule has 0 bridgehead atoms. The summed E-state index contributed by atoms with van der Waals surface area (Å²) in [6, 6.07) is 4.36. The normalized spacial score (nSPS) is 16.7. The molecule has 1 aliphatic rings. The van der Waals surface area contributed by atoms with Gasteiger partial charge in [0.25, 0.3) is 0 Å². The number of benzene rings is 1. The molecule has 0 unspecified atom stereocenters. The third kappa shape index (κ3) is 2.73. The molecule has 0 saturated carbocycles. The lowest BCUT2D eigenvalue weighted by atomic mass is 10.3. The number of piperazine rings is 1. The third-order valence-electron chi connectivity index (χ3n) is 4.29. The number of amides is 1. The molecule has 130 valence electrons. The molecule has 2 aromatic rings. The lowest BCUT2D eigenvalue weighted by Crippen LogP contribution is -2.50. The molecule has 1 amide bonds. The monoisotopic (exact) mass is 353 g/mol. The highest BCUT2D eigenvalue weighted by Crippen LogP contribution is 2.22. The fraction of sp³-hybridized carbons (Fsp3) is 0.467. The number of fused-ring (bicyclic) bond motifs is 1. The Balaban J connectivity index is 1.87. The molecule has 1 fully saturated rings. The van der Waals surface area contributed by atoms with Gasteiger partial charge in [0.1, 0.15) is 0 Å². The molecule has 0 N–H and O–H groups in total. The van der Waals surface area contributed by atoms with Gasteiger partial charge in [-0.2, -0.15) is 4.31 Å². The van der Waals surface area contributed by atoms with E-state index in [1.165, 1.54) is 34.1 Å². The van der Waals surface area contributed by atoms with Crippen LogP contribution >= 0.6 is 0 Å². The number of sulfonamides is 1. The molecule has 2 heterocycles. The van der Waals surface area contributed by atoms with Gasteiger partial charge in [-0.1, -0.05) is 6.92 Å². The summed E-state index contributed by atoms with van der Waals surface area (Å²) in [5.41, 5.74) is 0.778. The van der Waals surface area contributed by atoms with E-state index in [0.29, 0.717) is 30.6 Å². The number of carbonyl (C=O) groups excluding carboxylic acids is 1. The van der Waals surface area contributed by atoms with Crippen LogP contribution in [0.4, 0.5) is 0 Å². The van der Waals surface area contributed by atoms with Gasteiger partial charge in [0.2, 0.25) is 15.9 Å². The van der Waals surface area contributed by atoms with Crippen LogP contribution in [0.3, 0.4) is 0 Å². The molecule has 0 atom stereocenters. The van der Waals surface area contributed by atoms with Gasteiger partial charge in [-0.15, -0.1) is 0 Å². The van der Waals surface area contributed by atoms with Crippen molar-refractivity contribution in [3.63, 3.8) is 0 Å². The first-order valence-corrected chi connectivity index (χ1v) is 9.16. The maximum atomic E-state index is 12.8. The zero-order valence-corrected chi connectivity index (χ0v) is 14.4. The fourth-order valence-electron chi connectivity index (χ4n) is 2.82. The van der Waals surface area contributed by atoms with Crippen LogP contribution in [-0.2, 0) is 21.9 Å². The number of aromatic nitrogens is 1. The summed E-state index contributed by atoms with van der Waals surface area (Å²) >= 11 is 0. The number of hydrogen-bond acceptors (Lipinski definition) is 5. The quantitative estimate of drug-likeness (QED) is 0.795. The van der Waals surface area contributed by atoms with Crippen molar-refractivity contribution in [3.05, 3.63) is 28.7 Å². The average Bonchev–Trinajstić information content (AvgIpc) is 2.88. The molecule has 24 heavy (non-hydrogen) atoms. The summed E-state index contributed by atoms with van der Waals surface area (Å²) in [5.74, 6) is -0.506. The molecule has 0 aliphatic carbocycles. The van der Waals surface area contributed by atoms with E-state index in [2.05, 4.69) is 0 Å². The van der Waals surface area contributed by atoms with Crippen LogP contribution in [0.15, 0.2) is 32.3 Å². The van der Waals surface area contributed by atoms with Crippen molar-refractivity contribution in [3.8, 4) is 0 Å². The van der Waals surface area contributed by atoms with E-state index in [1.54, 1.807) is 11.8 Å². The van der Waals surface area contributed by atoms with Crippen molar-refractivity contribution in [2.45, 2.75) is 18.2 Å². The summed E-state index contributed by atoms with van der Waals surface area (Å²) in [6.45, 7) is 3.08. The first kappa shape index (κ1) is 16.7. The summed E-state index contributed by atoms with van der Waals surface area (Å²) in [7, 11) is -2.15. The van der Waals surface area contributed by atoms with Crippen molar-refractivity contribution in [2.24, 2.45) is 7.05 Å². The van der Waals surface area contributed by atoms with Crippen molar-refractivity contribution in [1.29, 1.82) is 0 Å². The zero-order chi connectivity index (χ0) is 17.5. The van der Waals surface area contributed by atoms with E-state index in [9.17, 15) is 18.0 Å². The Bertz CT molecular complexity index is 936. The summed E-state index contributed by atoms with van der Waals surface area (Å²) < 4.78 is 33.3. The van der Waals surface area contributed by atoms with Gasteiger partial charge in [0.15, 0.2) is 5.58 Å². The Labute approximate surface area is 139 Å². The number of aryl methyl sites for hydroxylation is 1. The fourth-order valence-corrected chi connectivity index (χ4v) is 4.26. The zero-order valence-electron chi connectivity index (χ0n) is 13.6. The topological polar surface area (TPSA) is 92.8 Å². The van der Waals surface area contributed by atoms with Crippen LogP contribution in [-0.4, -0.2) is 54.3 Å². The lowest BCUT2D eigenvalue weighted by molar-refractivity contribution is -0.132. The second kappa shape index (κ2) is 6.06. The van der Waals surface area contributed by atoms with Gasteiger partial charge in [-0.25, -0.2) is 13.2 Å². The van der Waals surface area contributed by atoms with E-state index in [4.69, 9.17) is 4.42 Å². The van der Waals surface area contributed by atoms with E-state index in [0.717, 1.165) is 0 Å². The van der Waals surface area contributed by atoms with Gasteiger partial charge in [0, 0.05) is 39.6 Å². The minimum atomic E-state index is -3.68. The maximum Gasteiger partial charge on any atom is 0.419 e. The number of nitrogens with zero attached hydrogens (tertiary/aromatic N) is 3. The average molecular weight is 353 g/mol. The molecule has 0 spiro atoms. The number of carbonyl (C=O) groups is 1. The SMILES string of the molecule is CCC(=O)N1CCN(S(=O)(=O)c2ccc3oc(=O)n(C)c3c2)CC1. The smallest absolute Gasteiger partial charge is 0.408 e. The Morgan fingerprint density at radius 3 is 2.50 bits per heavy atom. The largest absolute Gasteiger partial charge is 0.419 e. The highest BCUT2D eigenvalue weighted by Gasteiger charge is 2.30. The Hall–Kier alpha value is -2.13. The van der Waals surface area contributed by atoms with Crippen LogP contribution in [0.1, 0.15) is 13.3 Å². The molecule has 9 heteroatoms. The first-order chi connectivity index (χ1) is 11.3. The van der Waals surface area contributed by atoms with Crippen LogP contribution < -0.4 is 5.76 Å². The van der Waals surface area contributed by atoms with Crippen LogP contribution in [0.2, 0.25) is 0 Å². The third-order valence-corrected chi connectivity index (χ3v) is 6.19. The van der Waals surface area contributed by atoms with Crippen LogP contribution in [0.5, 0.6) is 0 Å². The van der Waals surface area contributed by atoms with Crippen molar-refractivity contribution < 1.29 is 17.6 Å². The standard InChI is InChI=1S/C15H19N3O5S/c1-3-14(19)17-6-8-18(9-7-17)24(21,22)11-4-5-13-12(10-11)16(2)15(20)23-13/h4-5,10H,3,6-9H2,1-2H3. The minimum Gasteiger partial charge on any atom is -0.408 e. The first-order valence-electron chi connectivity index (χ1n) is 7.72. The van der Waals surface area contributed by atoms with Gasteiger partial charge < -0.3 is 9.32 Å². The number of rotatable bonds is 3. The van der Waals surface area contributed by atoms with E-state index in [1.807, 2.05) is 0 Å². The van der Waals surface area contributed by atoms with Gasteiger partial charge in [-0.05, 0) is 18.2 Å². The highest BCUT2D eigenvalue weighted by atomic mass is 32.2. The second-order valence-corrected chi connectivity index (χ2v) is 7.63. The van der Waals surface area contributed by atoms with Gasteiger partial charge in [-0.3, -0.25) is 9.36 Å². The molecular weight excluding hydrogens is 334 g/mol. The van der Waals surface area contributed by atoms with E-state index < -0.39 is 15.8 Å². The summed E-state index contributed by atoms with van der Waals surface area (Å²) in [6.07, 6.45) is 0.415. The van der Waals surface area contributed by atoms with Gasteiger partial charge >= 0.3 is 5.76 Å². The van der Waals surface area contributed by atoms with Crippen molar-refractivity contribution >= 4 is 27.0 Å². The predicted octanol–water partition coefficient (Wildman–Crippen LogP) is 0.374. The molecule has 1 saturated heterocycles. The molecule has 8 nitrogen and oxygen atoms in total. The van der Waals surface area contributed by atoms with E-state index in [-0.39, 0.29) is 23.9 Å². The minimum absolute atomic E-state index is 0.0295. The molecule has 0 radical (unpaired) electrons. The molecular formula is C15H19N3O5S. The summed E-state index contributed by atoms with van der Waals surface area (Å²) in [4.78, 5) is 25.0.